The van der Waals surface area contributed by atoms with Gasteiger partial charge >= 0.3 is 0 Å². The molecule has 2 aromatic rings. The smallest absolute Gasteiger partial charge is 0.0486 e. The summed E-state index contributed by atoms with van der Waals surface area (Å²) in [4.78, 5) is 6.72. The molecule has 0 aliphatic carbocycles. The van der Waals surface area contributed by atoms with Crippen LogP contribution in [0.3, 0.4) is 0 Å². The van der Waals surface area contributed by atoms with Crippen molar-refractivity contribution in [1.29, 1.82) is 0 Å². The molecule has 1 atom stereocenters. The lowest BCUT2D eigenvalue weighted by Gasteiger charge is -2.21. The van der Waals surface area contributed by atoms with Gasteiger partial charge < -0.3 is 10.2 Å². The van der Waals surface area contributed by atoms with Crippen LogP contribution in [-0.4, -0.2) is 18.1 Å². The van der Waals surface area contributed by atoms with Crippen molar-refractivity contribution in [2.75, 3.05) is 23.3 Å². The van der Waals surface area contributed by atoms with E-state index in [1.165, 1.54) is 37.2 Å². The molecule has 1 N–H and O–H groups in total. The highest BCUT2D eigenvalue weighted by Crippen LogP contribution is 2.25. The van der Waals surface area contributed by atoms with Gasteiger partial charge in [0.15, 0.2) is 0 Å². The Balaban J connectivity index is 1.75. The number of rotatable bonds is 4. The molecule has 1 unspecified atom stereocenters. The predicted molar refractivity (Wildman–Crippen MR) is 88.9 cm³/mol. The second-order valence-corrected chi connectivity index (χ2v) is 5.84. The molecule has 3 nitrogen and oxygen atoms in total. The third-order valence-electron chi connectivity index (χ3n) is 4.12. The fourth-order valence-electron chi connectivity index (χ4n) is 2.93. The van der Waals surface area contributed by atoms with E-state index in [1.807, 2.05) is 19.2 Å². The number of benzene rings is 1. The van der Waals surface area contributed by atoms with Gasteiger partial charge in [-0.2, -0.15) is 0 Å². The molecule has 0 radical (unpaired) electrons. The Labute approximate surface area is 127 Å². The van der Waals surface area contributed by atoms with E-state index in [9.17, 15) is 0 Å². The average molecular weight is 281 g/mol. The fraction of sp³-hybridized carbons (Fsp3) is 0.389. The molecule has 1 aliphatic rings. The van der Waals surface area contributed by atoms with E-state index in [-0.39, 0.29) is 6.04 Å². The standard InChI is InChI=1S/C18H23N3/c1-14-12-17(8-9-19-14)20-15(2)16-6-5-7-18(13-16)21-10-3-4-11-21/h5-9,12-13,15H,3-4,10-11H2,1-2H3,(H,19,20). The minimum absolute atomic E-state index is 0.286. The van der Waals surface area contributed by atoms with Crippen LogP contribution in [0.2, 0.25) is 0 Å². The van der Waals surface area contributed by atoms with Crippen molar-refractivity contribution in [2.45, 2.75) is 32.7 Å². The van der Waals surface area contributed by atoms with Gasteiger partial charge in [0.1, 0.15) is 0 Å². The second kappa shape index (κ2) is 6.17. The van der Waals surface area contributed by atoms with E-state index >= 15 is 0 Å². The second-order valence-electron chi connectivity index (χ2n) is 5.84. The molecule has 0 amide bonds. The van der Waals surface area contributed by atoms with Crippen molar-refractivity contribution in [3.05, 3.63) is 53.9 Å². The zero-order valence-electron chi connectivity index (χ0n) is 12.8. The highest BCUT2D eigenvalue weighted by atomic mass is 15.1. The molecule has 1 aromatic carbocycles. The molecular weight excluding hydrogens is 258 g/mol. The zero-order valence-corrected chi connectivity index (χ0v) is 12.8. The van der Waals surface area contributed by atoms with E-state index in [1.54, 1.807) is 0 Å². The lowest BCUT2D eigenvalue weighted by molar-refractivity contribution is 0.877. The van der Waals surface area contributed by atoms with Gasteiger partial charge in [-0.05, 0) is 56.5 Å². The molecule has 21 heavy (non-hydrogen) atoms. The van der Waals surface area contributed by atoms with Gasteiger partial charge in [-0.1, -0.05) is 12.1 Å². The van der Waals surface area contributed by atoms with Crippen molar-refractivity contribution < 1.29 is 0 Å². The van der Waals surface area contributed by atoms with E-state index in [4.69, 9.17) is 0 Å². The first-order valence-electron chi connectivity index (χ1n) is 7.76. The highest BCUT2D eigenvalue weighted by Gasteiger charge is 2.13. The Hall–Kier alpha value is -2.03. The van der Waals surface area contributed by atoms with Gasteiger partial charge in [-0.25, -0.2) is 0 Å². The van der Waals surface area contributed by atoms with Gasteiger partial charge in [-0.15, -0.1) is 0 Å². The Bertz CT molecular complexity index is 603. The van der Waals surface area contributed by atoms with E-state index in [2.05, 4.69) is 52.5 Å². The van der Waals surface area contributed by atoms with Crippen molar-refractivity contribution in [3.63, 3.8) is 0 Å². The zero-order chi connectivity index (χ0) is 14.7. The van der Waals surface area contributed by atoms with Crippen LogP contribution in [-0.2, 0) is 0 Å². The van der Waals surface area contributed by atoms with Gasteiger partial charge in [0.25, 0.3) is 0 Å². The molecule has 1 aromatic heterocycles. The normalized spacial score (nSPS) is 16.0. The largest absolute Gasteiger partial charge is 0.378 e. The lowest BCUT2D eigenvalue weighted by Crippen LogP contribution is -2.18. The van der Waals surface area contributed by atoms with Crippen LogP contribution in [0.4, 0.5) is 11.4 Å². The molecule has 0 bridgehead atoms. The highest BCUT2D eigenvalue weighted by molar-refractivity contribution is 5.52. The number of aromatic nitrogens is 1. The Morgan fingerprint density at radius 3 is 2.71 bits per heavy atom. The summed E-state index contributed by atoms with van der Waals surface area (Å²) >= 11 is 0. The van der Waals surface area contributed by atoms with Crippen molar-refractivity contribution in [3.8, 4) is 0 Å². The number of nitrogens with one attached hydrogen (secondary N) is 1. The number of hydrogen-bond acceptors (Lipinski definition) is 3. The van der Waals surface area contributed by atoms with Crippen molar-refractivity contribution in [2.24, 2.45) is 0 Å². The maximum atomic E-state index is 4.24. The van der Waals surface area contributed by atoms with E-state index < -0.39 is 0 Å². The van der Waals surface area contributed by atoms with Gasteiger partial charge in [0, 0.05) is 42.4 Å². The SMILES string of the molecule is Cc1cc(NC(C)c2cccc(N3CCCC3)c2)ccn1. The molecule has 2 heterocycles. The Morgan fingerprint density at radius 1 is 1.14 bits per heavy atom. The summed E-state index contributed by atoms with van der Waals surface area (Å²) in [6.45, 7) is 6.60. The van der Waals surface area contributed by atoms with Crippen LogP contribution in [0.5, 0.6) is 0 Å². The van der Waals surface area contributed by atoms with Gasteiger partial charge in [0.2, 0.25) is 0 Å². The average Bonchev–Trinajstić information content (AvgIpc) is 3.02. The summed E-state index contributed by atoms with van der Waals surface area (Å²) in [7, 11) is 0. The molecule has 110 valence electrons. The van der Waals surface area contributed by atoms with Crippen LogP contribution in [0.15, 0.2) is 42.6 Å². The molecule has 3 rings (SSSR count). The molecule has 0 saturated carbocycles. The summed E-state index contributed by atoms with van der Waals surface area (Å²) in [5.74, 6) is 0. The van der Waals surface area contributed by atoms with Crippen LogP contribution in [0, 0.1) is 6.92 Å². The molecule has 0 spiro atoms. The molecular formula is C18H23N3. The summed E-state index contributed by atoms with van der Waals surface area (Å²) in [6.07, 6.45) is 4.48. The minimum atomic E-state index is 0.286. The van der Waals surface area contributed by atoms with Gasteiger partial charge in [0.05, 0.1) is 0 Å². The monoisotopic (exact) mass is 281 g/mol. The first kappa shape index (κ1) is 13.9. The van der Waals surface area contributed by atoms with E-state index in [0.717, 1.165) is 11.4 Å². The summed E-state index contributed by atoms with van der Waals surface area (Å²) < 4.78 is 0. The maximum Gasteiger partial charge on any atom is 0.0486 e. The number of anilines is 2. The van der Waals surface area contributed by atoms with Gasteiger partial charge in [-0.3, -0.25) is 4.98 Å². The Morgan fingerprint density at radius 2 is 1.95 bits per heavy atom. The lowest BCUT2D eigenvalue weighted by atomic mass is 10.1. The first-order chi connectivity index (χ1) is 10.2. The first-order valence-corrected chi connectivity index (χ1v) is 7.76. The van der Waals surface area contributed by atoms with Crippen molar-refractivity contribution in [1.82, 2.24) is 4.98 Å². The van der Waals surface area contributed by atoms with Crippen molar-refractivity contribution >= 4 is 11.4 Å². The molecule has 1 saturated heterocycles. The maximum absolute atomic E-state index is 4.24. The molecule has 1 fully saturated rings. The number of nitrogens with zero attached hydrogens (tertiary/aromatic N) is 2. The molecule has 1 aliphatic heterocycles. The molecule has 3 heteroatoms. The van der Waals surface area contributed by atoms with Crippen LogP contribution in [0.25, 0.3) is 0 Å². The topological polar surface area (TPSA) is 28.2 Å². The minimum Gasteiger partial charge on any atom is -0.378 e. The third kappa shape index (κ3) is 3.35. The summed E-state index contributed by atoms with van der Waals surface area (Å²) in [5, 5.41) is 3.56. The van der Waals surface area contributed by atoms with E-state index in [0.29, 0.717) is 0 Å². The Kier molecular flexibility index (Phi) is 4.09. The van der Waals surface area contributed by atoms with Crippen LogP contribution in [0.1, 0.15) is 37.1 Å². The summed E-state index contributed by atoms with van der Waals surface area (Å²) in [6, 6.07) is 13.3. The van der Waals surface area contributed by atoms with Crippen LogP contribution < -0.4 is 10.2 Å². The number of aryl methyl sites for hydroxylation is 1. The number of pyridine rings is 1. The summed E-state index contributed by atoms with van der Waals surface area (Å²) in [5.41, 5.74) is 4.85. The quantitative estimate of drug-likeness (QED) is 0.912. The predicted octanol–water partition coefficient (Wildman–Crippen LogP) is 4.16. The van der Waals surface area contributed by atoms with Crippen LogP contribution >= 0.6 is 0 Å². The fourth-order valence-corrected chi connectivity index (χ4v) is 2.93. The number of hydrogen-bond donors (Lipinski definition) is 1. The third-order valence-corrected chi connectivity index (χ3v) is 4.12.